The van der Waals surface area contributed by atoms with Crippen molar-refractivity contribution in [2.75, 3.05) is 19.6 Å². The van der Waals surface area contributed by atoms with Gasteiger partial charge >= 0.3 is 12.0 Å². The van der Waals surface area contributed by atoms with Crippen LogP contribution in [0.1, 0.15) is 30.9 Å². The Morgan fingerprint density at radius 1 is 1.36 bits per heavy atom. The van der Waals surface area contributed by atoms with Gasteiger partial charge in [-0.3, -0.25) is 9.69 Å². The van der Waals surface area contributed by atoms with Gasteiger partial charge in [-0.25, -0.2) is 4.79 Å². The van der Waals surface area contributed by atoms with Crippen LogP contribution >= 0.6 is 11.6 Å². The van der Waals surface area contributed by atoms with Crippen LogP contribution < -0.4 is 10.6 Å². The summed E-state index contributed by atoms with van der Waals surface area (Å²) in [4.78, 5) is 24.7. The summed E-state index contributed by atoms with van der Waals surface area (Å²) in [7, 11) is 0. The maximum Gasteiger partial charge on any atom is 0.317 e. The lowest BCUT2D eigenvalue weighted by Gasteiger charge is -2.42. The number of carboxylic acids is 1. The normalized spacial score (nSPS) is 19.4. The fourth-order valence-corrected chi connectivity index (χ4v) is 3.21. The van der Waals surface area contributed by atoms with Crippen molar-refractivity contribution >= 4 is 23.6 Å². The van der Waals surface area contributed by atoms with Crippen LogP contribution in [0, 0.1) is 6.92 Å². The molecule has 138 valence electrons. The third-order valence-corrected chi connectivity index (χ3v) is 5.06. The lowest BCUT2D eigenvalue weighted by Crippen LogP contribution is -2.56. The summed E-state index contributed by atoms with van der Waals surface area (Å²) in [6.45, 7) is 5.23. The van der Waals surface area contributed by atoms with Crippen molar-refractivity contribution in [1.29, 1.82) is 0 Å². The van der Waals surface area contributed by atoms with Crippen LogP contribution in [0.25, 0.3) is 0 Å². The minimum absolute atomic E-state index is 0.0561. The van der Waals surface area contributed by atoms with E-state index in [1.165, 1.54) is 0 Å². The zero-order valence-electron chi connectivity index (χ0n) is 14.7. The quantitative estimate of drug-likeness (QED) is 0.659. The monoisotopic (exact) mass is 367 g/mol. The molecule has 0 bridgehead atoms. The molecule has 1 aromatic carbocycles. The molecule has 1 aromatic rings. The molecule has 25 heavy (non-hydrogen) atoms. The Labute approximate surface area is 153 Å². The smallest absolute Gasteiger partial charge is 0.317 e. The van der Waals surface area contributed by atoms with Crippen LogP contribution in [0.15, 0.2) is 18.2 Å². The molecule has 2 amide bonds. The molecule has 0 aliphatic heterocycles. The number of benzene rings is 1. The molecule has 1 saturated carbocycles. The first-order valence-electron chi connectivity index (χ1n) is 8.64. The summed E-state index contributed by atoms with van der Waals surface area (Å²) < 4.78 is 0. The van der Waals surface area contributed by atoms with E-state index in [1.54, 1.807) is 0 Å². The molecule has 0 aromatic heterocycles. The summed E-state index contributed by atoms with van der Waals surface area (Å²) in [6, 6.07) is 6.05. The van der Waals surface area contributed by atoms with Gasteiger partial charge in [0.1, 0.15) is 0 Å². The van der Waals surface area contributed by atoms with Gasteiger partial charge in [-0.1, -0.05) is 30.7 Å². The van der Waals surface area contributed by atoms with Crippen LogP contribution in [0.2, 0.25) is 5.02 Å². The number of halogens is 1. The van der Waals surface area contributed by atoms with Gasteiger partial charge in [0.25, 0.3) is 0 Å². The van der Waals surface area contributed by atoms with Crippen molar-refractivity contribution in [2.45, 2.75) is 45.2 Å². The molecule has 0 heterocycles. The van der Waals surface area contributed by atoms with Crippen molar-refractivity contribution in [3.8, 4) is 0 Å². The zero-order chi connectivity index (χ0) is 18.4. The van der Waals surface area contributed by atoms with Gasteiger partial charge in [-0.05, 0) is 49.9 Å². The van der Waals surface area contributed by atoms with Crippen LogP contribution in [-0.4, -0.2) is 53.7 Å². The Balaban J connectivity index is 1.65. The molecule has 7 heteroatoms. The highest BCUT2D eigenvalue weighted by atomic mass is 35.5. The maximum absolute atomic E-state index is 11.9. The second-order valence-electron chi connectivity index (χ2n) is 6.51. The first-order valence-corrected chi connectivity index (χ1v) is 9.02. The summed E-state index contributed by atoms with van der Waals surface area (Å²) in [6.07, 6.45) is 2.34. The Kier molecular flexibility index (Phi) is 7.08. The number of nitrogens with zero attached hydrogens (tertiary/aromatic N) is 1. The third-order valence-electron chi connectivity index (χ3n) is 4.63. The summed E-state index contributed by atoms with van der Waals surface area (Å²) >= 11 is 6.00. The number of aryl methyl sites for hydroxylation is 1. The van der Waals surface area contributed by atoms with E-state index in [0.29, 0.717) is 13.1 Å². The summed E-state index contributed by atoms with van der Waals surface area (Å²) in [5, 5.41) is 15.4. The van der Waals surface area contributed by atoms with E-state index in [9.17, 15) is 9.59 Å². The number of amides is 2. The topological polar surface area (TPSA) is 81.7 Å². The third kappa shape index (κ3) is 5.90. The SMILES string of the molecule is CCN(CC(=O)O)C1CC(NC(=O)NCCc2ccc(Cl)c(C)c2)C1. The van der Waals surface area contributed by atoms with Gasteiger partial charge in [0.2, 0.25) is 0 Å². The molecule has 0 unspecified atom stereocenters. The predicted molar refractivity (Wildman–Crippen MR) is 98.1 cm³/mol. The molecule has 1 fully saturated rings. The van der Waals surface area contributed by atoms with Crippen LogP contribution in [-0.2, 0) is 11.2 Å². The first kappa shape index (κ1) is 19.5. The standard InChI is InChI=1S/C18H26ClN3O3/c1-3-22(11-17(23)24)15-9-14(10-15)21-18(25)20-7-6-13-4-5-16(19)12(2)8-13/h4-5,8,14-15H,3,6-7,9-11H2,1-2H3,(H,23,24)(H2,20,21,25). The van der Waals surface area contributed by atoms with Crippen LogP contribution in [0.5, 0.6) is 0 Å². The van der Waals surface area contributed by atoms with Gasteiger partial charge in [0, 0.05) is 23.7 Å². The molecule has 1 aliphatic carbocycles. The highest BCUT2D eigenvalue weighted by molar-refractivity contribution is 6.31. The Morgan fingerprint density at radius 3 is 2.68 bits per heavy atom. The van der Waals surface area contributed by atoms with E-state index in [1.807, 2.05) is 36.9 Å². The number of carbonyl (C=O) groups excluding carboxylic acids is 1. The van der Waals surface area contributed by atoms with Crippen molar-refractivity contribution in [3.05, 3.63) is 34.3 Å². The number of urea groups is 1. The van der Waals surface area contributed by atoms with E-state index in [0.717, 1.165) is 35.4 Å². The number of hydrogen-bond donors (Lipinski definition) is 3. The molecule has 3 N–H and O–H groups in total. The molecule has 0 saturated heterocycles. The Morgan fingerprint density at radius 2 is 2.08 bits per heavy atom. The van der Waals surface area contributed by atoms with E-state index in [4.69, 9.17) is 16.7 Å². The molecule has 0 spiro atoms. The Hall–Kier alpha value is -1.79. The van der Waals surface area contributed by atoms with Gasteiger partial charge in [0.05, 0.1) is 6.54 Å². The average molecular weight is 368 g/mol. The highest BCUT2D eigenvalue weighted by Crippen LogP contribution is 2.25. The molecule has 2 rings (SSSR count). The number of rotatable bonds is 8. The highest BCUT2D eigenvalue weighted by Gasteiger charge is 2.34. The average Bonchev–Trinajstić information content (AvgIpc) is 2.52. The van der Waals surface area contributed by atoms with E-state index in [-0.39, 0.29) is 24.7 Å². The molecular formula is C18H26ClN3O3. The summed E-state index contributed by atoms with van der Waals surface area (Å²) in [5.41, 5.74) is 2.17. The van der Waals surface area contributed by atoms with Gasteiger partial charge in [-0.15, -0.1) is 0 Å². The van der Waals surface area contributed by atoms with Crippen LogP contribution in [0.4, 0.5) is 4.79 Å². The number of hydrogen-bond acceptors (Lipinski definition) is 3. The van der Waals surface area contributed by atoms with E-state index >= 15 is 0 Å². The number of nitrogens with one attached hydrogen (secondary N) is 2. The maximum atomic E-state index is 11.9. The lowest BCUT2D eigenvalue weighted by molar-refractivity contribution is -0.139. The molecule has 0 radical (unpaired) electrons. The molecular weight excluding hydrogens is 342 g/mol. The second kappa shape index (κ2) is 9.06. The van der Waals surface area contributed by atoms with Crippen molar-refractivity contribution in [3.63, 3.8) is 0 Å². The number of carbonyl (C=O) groups is 2. The minimum Gasteiger partial charge on any atom is -0.480 e. The Bertz CT molecular complexity index is 618. The second-order valence-corrected chi connectivity index (χ2v) is 6.92. The predicted octanol–water partition coefficient (Wildman–Crippen LogP) is 2.43. The van der Waals surface area contributed by atoms with E-state index < -0.39 is 5.97 Å². The largest absolute Gasteiger partial charge is 0.480 e. The van der Waals surface area contributed by atoms with Crippen molar-refractivity contribution in [1.82, 2.24) is 15.5 Å². The fourth-order valence-electron chi connectivity index (χ4n) is 3.10. The van der Waals surface area contributed by atoms with Gasteiger partial charge < -0.3 is 15.7 Å². The van der Waals surface area contributed by atoms with Crippen molar-refractivity contribution < 1.29 is 14.7 Å². The zero-order valence-corrected chi connectivity index (χ0v) is 15.5. The minimum atomic E-state index is -0.812. The van der Waals surface area contributed by atoms with Gasteiger partial charge in [-0.2, -0.15) is 0 Å². The number of aliphatic carboxylic acids is 1. The first-order chi connectivity index (χ1) is 11.9. The number of carboxylic acid groups (broad SMARTS) is 1. The molecule has 0 atom stereocenters. The van der Waals surface area contributed by atoms with E-state index in [2.05, 4.69) is 10.6 Å². The molecule has 1 aliphatic rings. The molecule has 6 nitrogen and oxygen atoms in total. The fraction of sp³-hybridized carbons (Fsp3) is 0.556. The van der Waals surface area contributed by atoms with Crippen molar-refractivity contribution in [2.24, 2.45) is 0 Å². The van der Waals surface area contributed by atoms with Crippen LogP contribution in [0.3, 0.4) is 0 Å². The van der Waals surface area contributed by atoms with Gasteiger partial charge in [0.15, 0.2) is 0 Å². The number of likely N-dealkylation sites (N-methyl/N-ethyl adjacent to an activating group) is 1. The summed E-state index contributed by atoms with van der Waals surface area (Å²) in [5.74, 6) is -0.812. The lowest BCUT2D eigenvalue weighted by atomic mass is 9.85.